The molecule has 4 rings (SSSR count). The molecular formula is C19H29N7O. The molecule has 0 spiro atoms. The molecule has 2 aliphatic heterocycles. The Balaban J connectivity index is 1.43. The van der Waals surface area contributed by atoms with E-state index in [9.17, 15) is 5.11 Å². The van der Waals surface area contributed by atoms with Crippen molar-refractivity contribution in [3.63, 3.8) is 0 Å². The van der Waals surface area contributed by atoms with Crippen LogP contribution in [0.5, 0.6) is 0 Å². The molecule has 4 heterocycles. The molecule has 0 unspecified atom stereocenters. The van der Waals surface area contributed by atoms with Crippen molar-refractivity contribution in [1.29, 1.82) is 0 Å². The summed E-state index contributed by atoms with van der Waals surface area (Å²) in [6, 6.07) is 2.23. The summed E-state index contributed by atoms with van der Waals surface area (Å²) >= 11 is 0. The summed E-state index contributed by atoms with van der Waals surface area (Å²) in [5.74, 6) is 2.84. The maximum absolute atomic E-state index is 10.1. The normalized spacial score (nSPS) is 22.3. The van der Waals surface area contributed by atoms with Crippen LogP contribution in [0.2, 0.25) is 0 Å². The second-order valence-corrected chi connectivity index (χ2v) is 7.87. The number of β-amino-alcohol motifs (C(OH)–C–C–N with tert-alkyl or cyclic N) is 1. The topological polar surface area (TPSA) is 82.3 Å². The Morgan fingerprint density at radius 1 is 1.30 bits per heavy atom. The number of aryl methyl sites for hydroxylation is 2. The molecule has 0 aromatic carbocycles. The minimum atomic E-state index is -0.307. The molecule has 2 aliphatic rings. The highest BCUT2D eigenvalue weighted by Gasteiger charge is 2.32. The van der Waals surface area contributed by atoms with E-state index in [0.717, 1.165) is 43.3 Å². The third-order valence-electron chi connectivity index (χ3n) is 5.32. The number of fused-ring (bicyclic) bond motifs is 1. The van der Waals surface area contributed by atoms with E-state index in [1.54, 1.807) is 6.33 Å². The highest BCUT2D eigenvalue weighted by atomic mass is 16.3. The number of rotatable bonds is 6. The van der Waals surface area contributed by atoms with Crippen LogP contribution < -0.4 is 10.2 Å². The summed E-state index contributed by atoms with van der Waals surface area (Å²) in [5.41, 5.74) is 1.05. The number of anilines is 2. The summed E-state index contributed by atoms with van der Waals surface area (Å²) in [6.07, 6.45) is 7.74. The molecule has 2 N–H and O–H groups in total. The first-order valence-corrected chi connectivity index (χ1v) is 9.79. The number of hydrogen-bond acceptors (Lipinski definition) is 7. The van der Waals surface area contributed by atoms with Crippen molar-refractivity contribution in [2.75, 3.05) is 37.4 Å². The smallest absolute Gasteiger partial charge is 0.134 e. The van der Waals surface area contributed by atoms with Gasteiger partial charge >= 0.3 is 0 Å². The van der Waals surface area contributed by atoms with Crippen LogP contribution in [0.1, 0.15) is 30.8 Å². The Bertz CT molecular complexity index is 752. The fraction of sp³-hybridized carbons (Fsp3) is 0.632. The van der Waals surface area contributed by atoms with E-state index in [1.165, 1.54) is 18.7 Å². The number of aliphatic hydroxyl groups excluding tert-OH is 1. The molecular weight excluding hydrogens is 342 g/mol. The Kier molecular flexibility index (Phi) is 5.27. The van der Waals surface area contributed by atoms with Crippen LogP contribution in [-0.2, 0) is 19.5 Å². The lowest BCUT2D eigenvalue weighted by Crippen LogP contribution is -2.38. The lowest BCUT2D eigenvalue weighted by atomic mass is 10.2. The van der Waals surface area contributed by atoms with Gasteiger partial charge in [0.05, 0.1) is 18.3 Å². The molecule has 2 atom stereocenters. The summed E-state index contributed by atoms with van der Waals surface area (Å²) in [6.45, 7) is 3.23. The number of nitrogens with zero attached hydrogens (tertiary/aromatic N) is 6. The van der Waals surface area contributed by atoms with E-state index in [4.69, 9.17) is 4.98 Å². The molecule has 0 bridgehead atoms. The number of aliphatic hydroxyl groups is 1. The third kappa shape index (κ3) is 4.22. The van der Waals surface area contributed by atoms with Gasteiger partial charge in [0.25, 0.3) is 0 Å². The van der Waals surface area contributed by atoms with Gasteiger partial charge in [-0.2, -0.15) is 0 Å². The van der Waals surface area contributed by atoms with Gasteiger partial charge in [0.2, 0.25) is 0 Å². The van der Waals surface area contributed by atoms with Crippen LogP contribution >= 0.6 is 0 Å². The molecule has 8 nitrogen and oxygen atoms in total. The zero-order valence-corrected chi connectivity index (χ0v) is 16.2. The second-order valence-electron chi connectivity index (χ2n) is 7.87. The van der Waals surface area contributed by atoms with Crippen molar-refractivity contribution in [3.8, 4) is 0 Å². The van der Waals surface area contributed by atoms with Crippen molar-refractivity contribution >= 4 is 11.6 Å². The SMILES string of the molecule is CN(C)C[C@H]1C[C@@H](O)CN1c1cc(NCc2cn3c(n2)CCCC3)ncn1. The van der Waals surface area contributed by atoms with Crippen molar-refractivity contribution < 1.29 is 5.11 Å². The quantitative estimate of drug-likeness (QED) is 0.787. The predicted octanol–water partition coefficient (Wildman–Crippen LogP) is 1.12. The Morgan fingerprint density at radius 3 is 3.00 bits per heavy atom. The summed E-state index contributed by atoms with van der Waals surface area (Å²) in [4.78, 5) is 17.9. The Morgan fingerprint density at radius 2 is 2.19 bits per heavy atom. The molecule has 1 saturated heterocycles. The molecule has 0 saturated carbocycles. The molecule has 0 aliphatic carbocycles. The van der Waals surface area contributed by atoms with Gasteiger partial charge in [0.15, 0.2) is 0 Å². The van der Waals surface area contributed by atoms with Crippen LogP contribution in [0.15, 0.2) is 18.6 Å². The maximum Gasteiger partial charge on any atom is 0.134 e. The van der Waals surface area contributed by atoms with E-state index in [0.29, 0.717) is 13.1 Å². The number of nitrogens with one attached hydrogen (secondary N) is 1. The van der Waals surface area contributed by atoms with E-state index in [-0.39, 0.29) is 12.1 Å². The Hall–Kier alpha value is -2.19. The summed E-state index contributed by atoms with van der Waals surface area (Å²) in [5, 5.41) is 13.5. The van der Waals surface area contributed by atoms with Gasteiger partial charge in [-0.1, -0.05) is 0 Å². The molecule has 2 aromatic rings. The van der Waals surface area contributed by atoms with Crippen molar-refractivity contribution in [3.05, 3.63) is 30.1 Å². The van der Waals surface area contributed by atoms with Crippen LogP contribution in [0.3, 0.4) is 0 Å². The van der Waals surface area contributed by atoms with E-state index in [2.05, 4.69) is 49.9 Å². The average Bonchev–Trinajstić information content (AvgIpc) is 3.22. The zero-order chi connectivity index (χ0) is 18.8. The molecule has 0 amide bonds. The summed E-state index contributed by atoms with van der Waals surface area (Å²) < 4.78 is 2.27. The third-order valence-corrected chi connectivity index (χ3v) is 5.32. The fourth-order valence-corrected chi connectivity index (χ4v) is 4.11. The van der Waals surface area contributed by atoms with E-state index < -0.39 is 0 Å². The lowest BCUT2D eigenvalue weighted by molar-refractivity contribution is 0.191. The minimum Gasteiger partial charge on any atom is -0.391 e. The largest absolute Gasteiger partial charge is 0.391 e. The Labute approximate surface area is 160 Å². The van der Waals surface area contributed by atoms with Crippen molar-refractivity contribution in [1.82, 2.24) is 24.4 Å². The van der Waals surface area contributed by atoms with E-state index >= 15 is 0 Å². The average molecular weight is 371 g/mol. The number of aromatic nitrogens is 4. The predicted molar refractivity (Wildman–Crippen MR) is 105 cm³/mol. The molecule has 2 aromatic heterocycles. The zero-order valence-electron chi connectivity index (χ0n) is 16.2. The summed E-state index contributed by atoms with van der Waals surface area (Å²) in [7, 11) is 4.11. The number of imidazole rings is 1. The first-order valence-electron chi connectivity index (χ1n) is 9.79. The number of likely N-dealkylation sites (N-methyl/N-ethyl adjacent to an activating group) is 1. The van der Waals surface area contributed by atoms with Gasteiger partial charge in [-0.25, -0.2) is 15.0 Å². The lowest BCUT2D eigenvalue weighted by Gasteiger charge is -2.27. The fourth-order valence-electron chi connectivity index (χ4n) is 4.11. The van der Waals surface area contributed by atoms with Gasteiger partial charge in [0, 0.05) is 44.4 Å². The van der Waals surface area contributed by atoms with Gasteiger partial charge in [-0.15, -0.1) is 0 Å². The molecule has 1 fully saturated rings. The first kappa shape index (κ1) is 18.2. The van der Waals surface area contributed by atoms with Crippen LogP contribution in [-0.4, -0.2) is 68.9 Å². The maximum atomic E-state index is 10.1. The van der Waals surface area contributed by atoms with Crippen LogP contribution in [0.4, 0.5) is 11.6 Å². The molecule has 0 radical (unpaired) electrons. The highest BCUT2D eigenvalue weighted by Crippen LogP contribution is 2.26. The molecule has 8 heteroatoms. The standard InChI is InChI=1S/C19H29N7O/c1-24(2)11-15-7-16(27)12-26(15)19-8-17(21-13-22-19)20-9-14-10-25-6-4-3-5-18(25)23-14/h8,10,13,15-16,27H,3-7,9,11-12H2,1-2H3,(H,20,21,22)/t15-,16-/m1/s1. The second kappa shape index (κ2) is 7.82. The van der Waals surface area contributed by atoms with Crippen molar-refractivity contribution in [2.45, 2.75) is 50.9 Å². The highest BCUT2D eigenvalue weighted by molar-refractivity contribution is 5.50. The number of hydrogen-bond donors (Lipinski definition) is 2. The van der Waals surface area contributed by atoms with Crippen LogP contribution in [0.25, 0.3) is 0 Å². The van der Waals surface area contributed by atoms with Gasteiger partial charge < -0.3 is 24.8 Å². The van der Waals surface area contributed by atoms with Gasteiger partial charge in [0.1, 0.15) is 23.8 Å². The van der Waals surface area contributed by atoms with Crippen LogP contribution in [0, 0.1) is 0 Å². The van der Waals surface area contributed by atoms with Gasteiger partial charge in [-0.05, 0) is 33.4 Å². The van der Waals surface area contributed by atoms with E-state index in [1.807, 2.05) is 6.07 Å². The van der Waals surface area contributed by atoms with Crippen molar-refractivity contribution in [2.24, 2.45) is 0 Å². The minimum absolute atomic E-state index is 0.262. The monoisotopic (exact) mass is 371 g/mol. The first-order chi connectivity index (χ1) is 13.1. The molecule has 146 valence electrons. The van der Waals surface area contributed by atoms with Gasteiger partial charge in [-0.3, -0.25) is 0 Å². The molecule has 27 heavy (non-hydrogen) atoms.